The number of benzene rings is 2. The second-order valence-corrected chi connectivity index (χ2v) is 7.60. The Kier molecular flexibility index (Phi) is 4.92. The van der Waals surface area contributed by atoms with Gasteiger partial charge in [0.1, 0.15) is 5.82 Å². The van der Waals surface area contributed by atoms with E-state index in [-0.39, 0.29) is 10.7 Å². The van der Waals surface area contributed by atoms with Gasteiger partial charge in [0.05, 0.1) is 16.8 Å². The molecule has 0 fully saturated rings. The molecule has 0 amide bonds. The van der Waals surface area contributed by atoms with Crippen LogP contribution in [0, 0.1) is 6.92 Å². The van der Waals surface area contributed by atoms with Crippen molar-refractivity contribution < 1.29 is 8.42 Å². The summed E-state index contributed by atoms with van der Waals surface area (Å²) in [6, 6.07) is 17.3. The third kappa shape index (κ3) is 4.49. The van der Waals surface area contributed by atoms with Crippen LogP contribution in [-0.2, 0) is 10.0 Å². The Morgan fingerprint density at radius 1 is 0.960 bits per heavy atom. The van der Waals surface area contributed by atoms with E-state index >= 15 is 0 Å². The standard InChI is InChI=1S/C18H16ClN3O2S/c1-13-3-2-4-17(11-13)25(23,24)22-18-10-9-16(12-20-18)21-15-7-5-14(19)6-8-15/h2-12,21H,1H3,(H,20,22). The molecular weight excluding hydrogens is 358 g/mol. The molecular formula is C18H16ClN3O2S. The third-order valence-electron chi connectivity index (χ3n) is 3.44. The van der Waals surface area contributed by atoms with E-state index in [1.807, 2.05) is 25.1 Å². The number of sulfonamides is 1. The van der Waals surface area contributed by atoms with Gasteiger partial charge in [0.15, 0.2) is 0 Å². The van der Waals surface area contributed by atoms with Crippen molar-refractivity contribution in [3.8, 4) is 0 Å². The number of aryl methyl sites for hydroxylation is 1. The average Bonchev–Trinajstić information content (AvgIpc) is 2.58. The minimum Gasteiger partial charge on any atom is -0.354 e. The third-order valence-corrected chi connectivity index (χ3v) is 5.04. The number of aromatic nitrogens is 1. The quantitative estimate of drug-likeness (QED) is 0.686. The molecule has 25 heavy (non-hydrogen) atoms. The van der Waals surface area contributed by atoms with Crippen LogP contribution in [0.15, 0.2) is 71.8 Å². The van der Waals surface area contributed by atoms with Crippen LogP contribution < -0.4 is 10.0 Å². The van der Waals surface area contributed by atoms with Crippen molar-refractivity contribution in [1.82, 2.24) is 4.98 Å². The van der Waals surface area contributed by atoms with Crippen molar-refractivity contribution in [3.63, 3.8) is 0 Å². The van der Waals surface area contributed by atoms with Gasteiger partial charge in [-0.15, -0.1) is 0 Å². The van der Waals surface area contributed by atoms with Crippen LogP contribution in [0.5, 0.6) is 0 Å². The van der Waals surface area contributed by atoms with Crippen molar-refractivity contribution in [2.45, 2.75) is 11.8 Å². The second-order valence-electron chi connectivity index (χ2n) is 5.49. The monoisotopic (exact) mass is 373 g/mol. The number of halogens is 1. The molecule has 5 nitrogen and oxygen atoms in total. The highest BCUT2D eigenvalue weighted by Crippen LogP contribution is 2.20. The van der Waals surface area contributed by atoms with Gasteiger partial charge in [-0.05, 0) is 61.0 Å². The molecule has 0 saturated carbocycles. The van der Waals surface area contributed by atoms with Gasteiger partial charge in [-0.1, -0.05) is 23.7 Å². The summed E-state index contributed by atoms with van der Waals surface area (Å²) in [5.74, 6) is 0.253. The van der Waals surface area contributed by atoms with Crippen LogP contribution in [0.1, 0.15) is 5.56 Å². The largest absolute Gasteiger partial charge is 0.354 e. The Labute approximate surface area is 151 Å². The molecule has 0 spiro atoms. The normalized spacial score (nSPS) is 11.1. The number of pyridine rings is 1. The van der Waals surface area contributed by atoms with Crippen LogP contribution in [0.4, 0.5) is 17.2 Å². The fraction of sp³-hybridized carbons (Fsp3) is 0.0556. The predicted molar refractivity (Wildman–Crippen MR) is 101 cm³/mol. The molecule has 0 atom stereocenters. The first kappa shape index (κ1) is 17.3. The Balaban J connectivity index is 1.73. The highest BCUT2D eigenvalue weighted by atomic mass is 35.5. The average molecular weight is 374 g/mol. The summed E-state index contributed by atoms with van der Waals surface area (Å²) in [7, 11) is -3.66. The molecule has 128 valence electrons. The summed E-state index contributed by atoms with van der Waals surface area (Å²) >= 11 is 5.85. The van der Waals surface area contributed by atoms with Crippen LogP contribution >= 0.6 is 11.6 Å². The summed E-state index contributed by atoms with van der Waals surface area (Å²) in [5, 5.41) is 3.82. The highest BCUT2D eigenvalue weighted by molar-refractivity contribution is 7.92. The van der Waals surface area contributed by atoms with E-state index in [1.54, 1.807) is 48.7 Å². The molecule has 0 saturated heterocycles. The summed E-state index contributed by atoms with van der Waals surface area (Å²) in [4.78, 5) is 4.35. The molecule has 0 aliphatic carbocycles. The van der Waals surface area contributed by atoms with E-state index in [2.05, 4.69) is 15.0 Å². The van der Waals surface area contributed by atoms with Gasteiger partial charge in [-0.2, -0.15) is 0 Å². The topological polar surface area (TPSA) is 71.1 Å². The second kappa shape index (κ2) is 7.13. The Morgan fingerprint density at radius 3 is 2.32 bits per heavy atom. The molecule has 0 aliphatic rings. The first-order valence-corrected chi connectivity index (χ1v) is 9.37. The zero-order valence-corrected chi connectivity index (χ0v) is 15.0. The van der Waals surface area contributed by atoms with Gasteiger partial charge < -0.3 is 5.32 Å². The van der Waals surface area contributed by atoms with Crippen molar-refractivity contribution in [3.05, 3.63) is 77.4 Å². The minimum atomic E-state index is -3.66. The van der Waals surface area contributed by atoms with Gasteiger partial charge in [0.25, 0.3) is 10.0 Å². The minimum absolute atomic E-state index is 0.206. The maximum absolute atomic E-state index is 12.4. The van der Waals surface area contributed by atoms with Gasteiger partial charge in [-0.25, -0.2) is 13.4 Å². The fourth-order valence-corrected chi connectivity index (χ4v) is 3.45. The van der Waals surface area contributed by atoms with E-state index in [9.17, 15) is 8.42 Å². The van der Waals surface area contributed by atoms with Crippen LogP contribution in [0.2, 0.25) is 5.02 Å². The zero-order chi connectivity index (χ0) is 17.9. The summed E-state index contributed by atoms with van der Waals surface area (Å²) < 4.78 is 27.2. The van der Waals surface area contributed by atoms with E-state index in [0.29, 0.717) is 5.02 Å². The highest BCUT2D eigenvalue weighted by Gasteiger charge is 2.14. The molecule has 1 heterocycles. The van der Waals surface area contributed by atoms with Crippen molar-refractivity contribution in [2.75, 3.05) is 10.0 Å². The SMILES string of the molecule is Cc1cccc(S(=O)(=O)Nc2ccc(Nc3ccc(Cl)cc3)cn2)c1. The zero-order valence-electron chi connectivity index (χ0n) is 13.4. The van der Waals surface area contributed by atoms with Crippen molar-refractivity contribution in [1.29, 1.82) is 0 Å². The number of hydrogen-bond donors (Lipinski definition) is 2. The van der Waals surface area contributed by atoms with Crippen LogP contribution in [0.3, 0.4) is 0 Å². The fourth-order valence-electron chi connectivity index (χ4n) is 2.21. The lowest BCUT2D eigenvalue weighted by Crippen LogP contribution is -2.14. The van der Waals surface area contributed by atoms with Crippen molar-refractivity contribution in [2.24, 2.45) is 0 Å². The first-order valence-electron chi connectivity index (χ1n) is 7.50. The molecule has 0 bridgehead atoms. The first-order chi connectivity index (χ1) is 11.9. The van der Waals surface area contributed by atoms with Gasteiger partial charge in [0.2, 0.25) is 0 Å². The molecule has 0 aliphatic heterocycles. The molecule has 1 aromatic heterocycles. The van der Waals surface area contributed by atoms with Gasteiger partial charge >= 0.3 is 0 Å². The molecule has 2 aromatic carbocycles. The van der Waals surface area contributed by atoms with E-state index in [1.165, 1.54) is 0 Å². The number of hydrogen-bond acceptors (Lipinski definition) is 4. The Morgan fingerprint density at radius 2 is 1.68 bits per heavy atom. The van der Waals surface area contributed by atoms with E-state index in [0.717, 1.165) is 16.9 Å². The van der Waals surface area contributed by atoms with Gasteiger partial charge in [-0.3, -0.25) is 4.72 Å². The van der Waals surface area contributed by atoms with Crippen molar-refractivity contribution >= 4 is 38.8 Å². The lowest BCUT2D eigenvalue weighted by molar-refractivity contribution is 0.601. The summed E-state index contributed by atoms with van der Waals surface area (Å²) in [6.07, 6.45) is 1.56. The molecule has 3 rings (SSSR count). The predicted octanol–water partition coefficient (Wildman–Crippen LogP) is 4.59. The lowest BCUT2D eigenvalue weighted by atomic mass is 10.2. The maximum atomic E-state index is 12.4. The Bertz CT molecular complexity index is 972. The molecule has 2 N–H and O–H groups in total. The number of nitrogens with zero attached hydrogens (tertiary/aromatic N) is 1. The Hall–Kier alpha value is -2.57. The molecule has 0 unspecified atom stereocenters. The van der Waals surface area contributed by atoms with Gasteiger partial charge in [0, 0.05) is 10.7 Å². The maximum Gasteiger partial charge on any atom is 0.263 e. The summed E-state index contributed by atoms with van der Waals surface area (Å²) in [6.45, 7) is 1.84. The van der Waals surface area contributed by atoms with E-state index < -0.39 is 10.0 Å². The number of anilines is 3. The molecule has 0 radical (unpaired) electrons. The summed E-state index contributed by atoms with van der Waals surface area (Å²) in [5.41, 5.74) is 2.47. The lowest BCUT2D eigenvalue weighted by Gasteiger charge is -2.10. The van der Waals surface area contributed by atoms with Crippen LogP contribution in [-0.4, -0.2) is 13.4 Å². The molecule has 3 aromatic rings. The number of nitrogens with one attached hydrogen (secondary N) is 2. The smallest absolute Gasteiger partial charge is 0.263 e. The number of rotatable bonds is 5. The van der Waals surface area contributed by atoms with Crippen LogP contribution in [0.25, 0.3) is 0 Å². The molecule has 7 heteroatoms. The van der Waals surface area contributed by atoms with E-state index in [4.69, 9.17) is 11.6 Å².